The Bertz CT molecular complexity index is 515. The number of ketones is 1. The van der Waals surface area contributed by atoms with Crippen molar-refractivity contribution in [1.29, 1.82) is 0 Å². The molecule has 1 saturated heterocycles. The van der Waals surface area contributed by atoms with Gasteiger partial charge in [-0.2, -0.15) is 0 Å². The summed E-state index contributed by atoms with van der Waals surface area (Å²) in [6.45, 7) is 2.80. The van der Waals surface area contributed by atoms with Crippen molar-refractivity contribution in [1.82, 2.24) is 4.90 Å². The van der Waals surface area contributed by atoms with Crippen molar-refractivity contribution in [2.24, 2.45) is 5.92 Å². The Morgan fingerprint density at radius 2 is 2.05 bits per heavy atom. The fourth-order valence-corrected chi connectivity index (χ4v) is 2.69. The summed E-state index contributed by atoms with van der Waals surface area (Å²) in [4.78, 5) is 26.1. The average molecular weight is 310 g/mol. The second-order valence-corrected chi connectivity index (χ2v) is 6.05. The molecule has 1 aromatic rings. The number of aliphatic hydroxyl groups excluding tert-OH is 1. The van der Waals surface area contributed by atoms with E-state index in [1.807, 2.05) is 0 Å². The number of carbonyl (C=O) groups excluding carboxylic acids is 2. The first kappa shape index (κ1) is 16.0. The number of rotatable bonds is 4. The number of carbonyl (C=O) groups is 2. The van der Waals surface area contributed by atoms with Crippen molar-refractivity contribution in [3.05, 3.63) is 34.9 Å². The number of hydrogen-bond acceptors (Lipinski definition) is 3. The molecule has 0 saturated carbocycles. The minimum atomic E-state index is -0.440. The van der Waals surface area contributed by atoms with Crippen molar-refractivity contribution in [3.63, 3.8) is 0 Å². The van der Waals surface area contributed by atoms with Gasteiger partial charge in [-0.1, -0.05) is 18.5 Å². The quantitative estimate of drug-likeness (QED) is 0.870. The largest absolute Gasteiger partial charge is 0.391 e. The summed E-state index contributed by atoms with van der Waals surface area (Å²) < 4.78 is 0. The summed E-state index contributed by atoms with van der Waals surface area (Å²) in [5, 5.41) is 10.2. The summed E-state index contributed by atoms with van der Waals surface area (Å²) in [6.07, 6.45) is 1.29. The molecule has 2 unspecified atom stereocenters. The molecule has 2 rings (SSSR count). The summed E-state index contributed by atoms with van der Waals surface area (Å²) in [7, 11) is 0. The Labute approximate surface area is 129 Å². The lowest BCUT2D eigenvalue weighted by atomic mass is 9.95. The SMILES string of the molecule is CC(CC(=O)N1CCCC(O)C1)C(=O)c1ccc(Cl)cc1. The van der Waals surface area contributed by atoms with Crippen LogP contribution in [0.4, 0.5) is 0 Å². The van der Waals surface area contributed by atoms with E-state index in [0.717, 1.165) is 12.8 Å². The molecule has 114 valence electrons. The van der Waals surface area contributed by atoms with Crippen LogP contribution in [-0.4, -0.2) is 40.9 Å². The Kier molecular flexibility index (Phi) is 5.37. The fraction of sp³-hybridized carbons (Fsp3) is 0.500. The highest BCUT2D eigenvalue weighted by Gasteiger charge is 2.25. The summed E-state index contributed by atoms with van der Waals surface area (Å²) >= 11 is 5.80. The van der Waals surface area contributed by atoms with E-state index in [1.54, 1.807) is 36.1 Å². The van der Waals surface area contributed by atoms with E-state index in [4.69, 9.17) is 11.6 Å². The number of piperidine rings is 1. The zero-order chi connectivity index (χ0) is 15.4. The normalized spacial score (nSPS) is 20.1. The van der Waals surface area contributed by atoms with Crippen LogP contribution in [0.25, 0.3) is 0 Å². The smallest absolute Gasteiger partial charge is 0.223 e. The molecule has 2 atom stereocenters. The molecular formula is C16H20ClNO3. The molecule has 1 fully saturated rings. The van der Waals surface area contributed by atoms with Crippen LogP contribution in [0, 0.1) is 5.92 Å². The molecule has 0 bridgehead atoms. The zero-order valence-corrected chi connectivity index (χ0v) is 12.8. The van der Waals surface area contributed by atoms with Crippen LogP contribution in [0.1, 0.15) is 36.5 Å². The number of hydrogen-bond donors (Lipinski definition) is 1. The van der Waals surface area contributed by atoms with Crippen molar-refractivity contribution >= 4 is 23.3 Å². The molecule has 1 aliphatic rings. The second-order valence-electron chi connectivity index (χ2n) is 5.61. The van der Waals surface area contributed by atoms with Crippen LogP contribution in [0.3, 0.4) is 0 Å². The Balaban J connectivity index is 1.93. The monoisotopic (exact) mass is 309 g/mol. The number of benzene rings is 1. The van der Waals surface area contributed by atoms with Gasteiger partial charge in [-0.05, 0) is 37.1 Å². The molecule has 1 N–H and O–H groups in total. The predicted molar refractivity (Wildman–Crippen MR) is 81.4 cm³/mol. The van der Waals surface area contributed by atoms with E-state index < -0.39 is 6.10 Å². The molecule has 0 radical (unpaired) electrons. The Morgan fingerprint density at radius 3 is 2.67 bits per heavy atom. The first-order chi connectivity index (χ1) is 9.97. The number of Topliss-reactive ketones (excluding diaryl/α,β-unsaturated/α-hetero) is 1. The summed E-state index contributed by atoms with van der Waals surface area (Å²) in [5.74, 6) is -0.501. The molecule has 1 aliphatic heterocycles. The Hall–Kier alpha value is -1.39. The highest BCUT2D eigenvalue weighted by molar-refractivity contribution is 6.30. The van der Waals surface area contributed by atoms with Gasteiger partial charge in [0.15, 0.2) is 5.78 Å². The third kappa shape index (κ3) is 4.29. The lowest BCUT2D eigenvalue weighted by molar-refractivity contribution is -0.134. The van der Waals surface area contributed by atoms with E-state index in [1.165, 1.54) is 0 Å². The second kappa shape index (κ2) is 7.05. The topological polar surface area (TPSA) is 57.6 Å². The van der Waals surface area contributed by atoms with E-state index in [0.29, 0.717) is 23.7 Å². The molecule has 21 heavy (non-hydrogen) atoms. The van der Waals surface area contributed by atoms with Gasteiger partial charge in [-0.25, -0.2) is 0 Å². The van der Waals surface area contributed by atoms with Crippen molar-refractivity contribution < 1.29 is 14.7 Å². The van der Waals surface area contributed by atoms with Gasteiger partial charge in [0.05, 0.1) is 6.10 Å². The van der Waals surface area contributed by atoms with E-state index in [-0.39, 0.29) is 24.0 Å². The third-order valence-electron chi connectivity index (χ3n) is 3.81. The summed E-state index contributed by atoms with van der Waals surface area (Å²) in [5.41, 5.74) is 0.568. The van der Waals surface area contributed by atoms with Crippen LogP contribution in [0.15, 0.2) is 24.3 Å². The lowest BCUT2D eigenvalue weighted by Crippen LogP contribution is -2.43. The van der Waals surface area contributed by atoms with Crippen molar-refractivity contribution in [3.8, 4) is 0 Å². The lowest BCUT2D eigenvalue weighted by Gasteiger charge is -2.30. The van der Waals surface area contributed by atoms with E-state index in [2.05, 4.69) is 0 Å². The van der Waals surface area contributed by atoms with Gasteiger partial charge in [-0.15, -0.1) is 0 Å². The summed E-state index contributed by atoms with van der Waals surface area (Å²) in [6, 6.07) is 6.70. The maximum absolute atomic E-state index is 12.3. The zero-order valence-electron chi connectivity index (χ0n) is 12.1. The molecule has 0 aliphatic carbocycles. The minimum Gasteiger partial charge on any atom is -0.391 e. The molecule has 1 heterocycles. The van der Waals surface area contributed by atoms with E-state index >= 15 is 0 Å². The van der Waals surface area contributed by atoms with Crippen molar-refractivity contribution in [2.75, 3.05) is 13.1 Å². The molecule has 4 nitrogen and oxygen atoms in total. The molecule has 0 spiro atoms. The predicted octanol–water partition coefficient (Wildman–Crippen LogP) is 2.53. The molecule has 5 heteroatoms. The molecule has 0 aromatic heterocycles. The number of amides is 1. The minimum absolute atomic E-state index is 0.0578. The number of aliphatic hydroxyl groups is 1. The van der Waals surface area contributed by atoms with Gasteiger partial charge >= 0.3 is 0 Å². The van der Waals surface area contributed by atoms with Gasteiger partial charge < -0.3 is 10.0 Å². The van der Waals surface area contributed by atoms with E-state index in [9.17, 15) is 14.7 Å². The Morgan fingerprint density at radius 1 is 1.38 bits per heavy atom. The van der Waals surface area contributed by atoms with Crippen molar-refractivity contribution in [2.45, 2.75) is 32.3 Å². The molecule has 1 amide bonds. The standard InChI is InChI=1S/C16H20ClNO3/c1-11(16(21)12-4-6-13(17)7-5-12)9-15(20)18-8-2-3-14(19)10-18/h4-7,11,14,19H,2-3,8-10H2,1H3. The fourth-order valence-electron chi connectivity index (χ4n) is 2.56. The first-order valence-electron chi connectivity index (χ1n) is 7.23. The number of β-amino-alcohol motifs (C(OH)–C–C–N with tert-alkyl or cyclic N) is 1. The highest BCUT2D eigenvalue weighted by Crippen LogP contribution is 2.18. The third-order valence-corrected chi connectivity index (χ3v) is 4.06. The maximum atomic E-state index is 12.3. The van der Waals surface area contributed by atoms with Gasteiger partial charge in [-0.3, -0.25) is 9.59 Å². The van der Waals surface area contributed by atoms with Crippen LogP contribution in [-0.2, 0) is 4.79 Å². The first-order valence-corrected chi connectivity index (χ1v) is 7.61. The highest BCUT2D eigenvalue weighted by atomic mass is 35.5. The van der Waals surface area contributed by atoms with Gasteiger partial charge in [0.25, 0.3) is 0 Å². The van der Waals surface area contributed by atoms with Gasteiger partial charge in [0, 0.05) is 36.0 Å². The van der Waals surface area contributed by atoms with Crippen LogP contribution >= 0.6 is 11.6 Å². The average Bonchev–Trinajstić information content (AvgIpc) is 2.47. The molecule has 1 aromatic carbocycles. The van der Waals surface area contributed by atoms with Gasteiger partial charge in [0.2, 0.25) is 5.91 Å². The van der Waals surface area contributed by atoms with Crippen LogP contribution < -0.4 is 0 Å². The maximum Gasteiger partial charge on any atom is 0.223 e. The number of likely N-dealkylation sites (tertiary alicyclic amines) is 1. The number of halogens is 1. The van der Waals surface area contributed by atoms with Crippen LogP contribution in [0.5, 0.6) is 0 Å². The van der Waals surface area contributed by atoms with Crippen LogP contribution in [0.2, 0.25) is 5.02 Å². The molecular weight excluding hydrogens is 290 g/mol. The van der Waals surface area contributed by atoms with Gasteiger partial charge in [0.1, 0.15) is 0 Å². The number of nitrogens with zero attached hydrogens (tertiary/aromatic N) is 1.